The van der Waals surface area contributed by atoms with Crippen LogP contribution < -0.4 is 32.7 Å². The van der Waals surface area contributed by atoms with Crippen LogP contribution in [0.2, 0.25) is 0 Å². The number of hydrogen-bond acceptors (Lipinski definition) is 8. The fourth-order valence-electron chi connectivity index (χ4n) is 3.22. The van der Waals surface area contributed by atoms with Crippen molar-refractivity contribution >= 4 is 7.82 Å². The van der Waals surface area contributed by atoms with Gasteiger partial charge in [0.1, 0.15) is 23.0 Å². The molecule has 1 N–H and O–H groups in total. The Bertz CT molecular complexity index is 1100. The maximum Gasteiger partial charge on any atom is 0.584 e. The molecule has 0 heterocycles. The van der Waals surface area contributed by atoms with Gasteiger partial charge in [-0.05, 0) is 29.8 Å². The molecular weight excluding hydrogens is 451 g/mol. The molecule has 0 fully saturated rings. The van der Waals surface area contributed by atoms with Gasteiger partial charge in [0.25, 0.3) is 0 Å². The van der Waals surface area contributed by atoms with Crippen LogP contribution in [-0.4, -0.2) is 40.4 Å². The van der Waals surface area contributed by atoms with E-state index in [-0.39, 0.29) is 11.5 Å². The van der Waals surface area contributed by atoms with E-state index in [0.717, 1.165) is 0 Å². The molecule has 0 saturated heterocycles. The van der Waals surface area contributed by atoms with Crippen molar-refractivity contribution in [3.63, 3.8) is 0 Å². The topological polar surface area (TPSA) is 102 Å². The van der Waals surface area contributed by atoms with Crippen LogP contribution in [0, 0.1) is 0 Å². The van der Waals surface area contributed by atoms with E-state index < -0.39 is 7.82 Å². The molecule has 0 aliphatic heterocycles. The molecule has 0 radical (unpaired) electrons. The molecule has 3 rings (SSSR count). The average Bonchev–Trinajstić information content (AvgIpc) is 2.82. The van der Waals surface area contributed by atoms with E-state index in [1.54, 1.807) is 42.5 Å². The van der Waals surface area contributed by atoms with Crippen molar-refractivity contribution < 1.29 is 42.2 Å². The maximum atomic E-state index is 12.5. The average molecular weight is 476 g/mol. The van der Waals surface area contributed by atoms with Gasteiger partial charge in [-0.2, -0.15) is 0 Å². The normalized spacial score (nSPS) is 12.3. The minimum atomic E-state index is -4.49. The Morgan fingerprint density at radius 3 is 1.58 bits per heavy atom. The Hall–Kier alpha value is -3.55. The molecule has 0 saturated carbocycles. The molecule has 1 atom stereocenters. The van der Waals surface area contributed by atoms with Gasteiger partial charge >= 0.3 is 7.82 Å². The van der Waals surface area contributed by atoms with Crippen LogP contribution in [0.4, 0.5) is 0 Å². The molecule has 9 nitrogen and oxygen atoms in total. The lowest BCUT2D eigenvalue weighted by atomic mass is 10.0. The van der Waals surface area contributed by atoms with Crippen molar-refractivity contribution in [3.8, 4) is 51.4 Å². The van der Waals surface area contributed by atoms with Crippen LogP contribution in [0.5, 0.6) is 40.2 Å². The summed E-state index contributed by atoms with van der Waals surface area (Å²) in [5.74, 6) is 2.15. The smallest absolute Gasteiger partial charge is 0.496 e. The fraction of sp³-hybridized carbons (Fsp3) is 0.217. The predicted octanol–water partition coefficient (Wildman–Crippen LogP) is 4.95. The minimum Gasteiger partial charge on any atom is -0.496 e. The van der Waals surface area contributed by atoms with E-state index in [0.29, 0.717) is 39.9 Å². The van der Waals surface area contributed by atoms with Gasteiger partial charge in [0, 0.05) is 12.1 Å². The third-order valence-corrected chi connectivity index (χ3v) is 5.50. The molecule has 0 spiro atoms. The first-order chi connectivity index (χ1) is 15.8. The number of ether oxygens (including phenoxy) is 5. The molecule has 176 valence electrons. The molecule has 0 aliphatic carbocycles. The highest BCUT2D eigenvalue weighted by Crippen LogP contribution is 2.50. The summed E-state index contributed by atoms with van der Waals surface area (Å²) in [6, 6.07) is 14.6. The third-order valence-electron chi connectivity index (χ3n) is 4.62. The van der Waals surface area contributed by atoms with Crippen molar-refractivity contribution in [2.24, 2.45) is 0 Å². The number of phosphoric acid groups is 1. The van der Waals surface area contributed by atoms with Crippen molar-refractivity contribution in [2.75, 3.05) is 35.5 Å². The quantitative estimate of drug-likeness (QED) is 0.407. The first-order valence-electron chi connectivity index (χ1n) is 9.69. The number of benzene rings is 3. The highest BCUT2D eigenvalue weighted by Gasteiger charge is 2.27. The van der Waals surface area contributed by atoms with E-state index in [2.05, 4.69) is 0 Å². The fourth-order valence-corrected chi connectivity index (χ4v) is 4.01. The second-order valence-corrected chi connectivity index (χ2v) is 7.88. The SMILES string of the molecule is COc1cc(-c2c(OC)cc(OP(=O)(O)Oc3ccccc3)cc2OC)cc(OC)c1OC. The number of rotatable bonds is 10. The summed E-state index contributed by atoms with van der Waals surface area (Å²) in [5.41, 5.74) is 1.18. The zero-order valence-corrected chi connectivity index (χ0v) is 19.8. The highest BCUT2D eigenvalue weighted by molar-refractivity contribution is 7.48. The van der Waals surface area contributed by atoms with Gasteiger partial charge in [-0.15, -0.1) is 0 Å². The van der Waals surface area contributed by atoms with Gasteiger partial charge in [-0.1, -0.05) is 18.2 Å². The molecule has 3 aromatic carbocycles. The van der Waals surface area contributed by atoms with Gasteiger partial charge in [0.2, 0.25) is 5.75 Å². The molecule has 1 unspecified atom stereocenters. The summed E-state index contributed by atoms with van der Waals surface area (Å²) in [4.78, 5) is 10.2. The van der Waals surface area contributed by atoms with E-state index in [9.17, 15) is 9.46 Å². The van der Waals surface area contributed by atoms with Crippen LogP contribution in [0.1, 0.15) is 0 Å². The molecular formula is C23H25O9P. The number of hydrogen-bond donors (Lipinski definition) is 1. The molecule has 0 bridgehead atoms. The lowest BCUT2D eigenvalue weighted by Crippen LogP contribution is -2.02. The molecule has 33 heavy (non-hydrogen) atoms. The van der Waals surface area contributed by atoms with Gasteiger partial charge in [-0.3, -0.25) is 4.89 Å². The summed E-state index contributed by atoms with van der Waals surface area (Å²) in [6.07, 6.45) is 0. The Labute approximate surface area is 192 Å². The van der Waals surface area contributed by atoms with Crippen molar-refractivity contribution in [3.05, 3.63) is 54.6 Å². The second-order valence-electron chi connectivity index (χ2n) is 6.58. The third kappa shape index (κ3) is 5.45. The summed E-state index contributed by atoms with van der Waals surface area (Å²) in [7, 11) is 2.96. The maximum absolute atomic E-state index is 12.5. The van der Waals surface area contributed by atoms with Gasteiger partial charge in [-0.25, -0.2) is 4.57 Å². The van der Waals surface area contributed by atoms with Gasteiger partial charge < -0.3 is 32.7 Å². The van der Waals surface area contributed by atoms with Crippen LogP contribution in [0.25, 0.3) is 11.1 Å². The van der Waals surface area contributed by atoms with E-state index in [1.165, 1.54) is 47.7 Å². The van der Waals surface area contributed by atoms with Gasteiger partial charge in [0.15, 0.2) is 11.5 Å². The summed E-state index contributed by atoms with van der Waals surface area (Å²) in [5, 5.41) is 0. The van der Waals surface area contributed by atoms with Gasteiger partial charge in [0.05, 0.1) is 41.1 Å². The van der Waals surface area contributed by atoms with E-state index >= 15 is 0 Å². The first kappa shape index (κ1) is 24.1. The zero-order valence-electron chi connectivity index (χ0n) is 18.9. The minimum absolute atomic E-state index is 0.0154. The molecule has 0 aliphatic rings. The van der Waals surface area contributed by atoms with E-state index in [4.69, 9.17) is 32.7 Å². The lowest BCUT2D eigenvalue weighted by Gasteiger charge is -2.19. The predicted molar refractivity (Wildman–Crippen MR) is 122 cm³/mol. The zero-order chi connectivity index (χ0) is 24.0. The monoisotopic (exact) mass is 476 g/mol. The Morgan fingerprint density at radius 2 is 1.12 bits per heavy atom. The summed E-state index contributed by atoms with van der Waals surface area (Å²) < 4.78 is 50.2. The Kier molecular flexibility index (Phi) is 7.58. The van der Waals surface area contributed by atoms with Crippen molar-refractivity contribution in [1.82, 2.24) is 0 Å². The number of phosphoric ester groups is 1. The molecule has 0 amide bonds. The van der Waals surface area contributed by atoms with Crippen molar-refractivity contribution in [1.29, 1.82) is 0 Å². The lowest BCUT2D eigenvalue weighted by molar-refractivity contribution is 0.289. The first-order valence-corrected chi connectivity index (χ1v) is 11.2. The van der Waals surface area contributed by atoms with Crippen LogP contribution in [0.15, 0.2) is 54.6 Å². The summed E-state index contributed by atoms with van der Waals surface area (Å²) >= 11 is 0. The number of methoxy groups -OCH3 is 5. The standard InChI is InChI=1S/C23H25O9P/c1-26-18-13-17(32-33(24,25)31-16-9-7-6-8-10-16)14-19(27-2)22(18)15-11-20(28-3)23(30-5)21(12-15)29-4/h6-14H,1-5H3,(H,24,25). The second kappa shape index (κ2) is 10.4. The van der Waals surface area contributed by atoms with Crippen LogP contribution >= 0.6 is 7.82 Å². The number of para-hydroxylation sites is 1. The van der Waals surface area contributed by atoms with E-state index in [1.807, 2.05) is 0 Å². The molecule has 0 aromatic heterocycles. The Morgan fingerprint density at radius 1 is 0.636 bits per heavy atom. The highest BCUT2D eigenvalue weighted by atomic mass is 31.2. The van der Waals surface area contributed by atoms with Crippen molar-refractivity contribution in [2.45, 2.75) is 0 Å². The summed E-state index contributed by atoms with van der Waals surface area (Å²) in [6.45, 7) is 0. The molecule has 3 aromatic rings. The van der Waals surface area contributed by atoms with Crippen LogP contribution in [0.3, 0.4) is 0 Å². The molecule has 10 heteroatoms. The largest absolute Gasteiger partial charge is 0.584 e. The van der Waals surface area contributed by atoms with Crippen LogP contribution in [-0.2, 0) is 4.57 Å². The Balaban J connectivity index is 2.05.